The topological polar surface area (TPSA) is 68.3 Å². The third kappa shape index (κ3) is 4.34. The van der Waals surface area contributed by atoms with Crippen molar-refractivity contribution in [1.29, 1.82) is 0 Å². The van der Waals surface area contributed by atoms with Gasteiger partial charge in [-0.05, 0) is 30.7 Å². The minimum atomic E-state index is -0.0486. The summed E-state index contributed by atoms with van der Waals surface area (Å²) in [6.45, 7) is 6.55. The summed E-state index contributed by atoms with van der Waals surface area (Å²) in [6.07, 6.45) is 5.06. The van der Waals surface area contributed by atoms with Gasteiger partial charge in [0, 0.05) is 44.0 Å². The molecule has 1 aliphatic rings. The highest BCUT2D eigenvalue weighted by Crippen LogP contribution is 2.30. The molecule has 116 valence electrons. The largest absolute Gasteiger partial charge is 0.398 e. The highest BCUT2D eigenvalue weighted by molar-refractivity contribution is 5.76. The summed E-state index contributed by atoms with van der Waals surface area (Å²) in [4.78, 5) is 25.7. The van der Waals surface area contributed by atoms with Crippen molar-refractivity contribution < 1.29 is 4.79 Å². The lowest BCUT2D eigenvalue weighted by atomic mass is 9.85. The summed E-state index contributed by atoms with van der Waals surface area (Å²) in [5.74, 6) is 0.237. The fourth-order valence-electron chi connectivity index (χ4n) is 2.68. The van der Waals surface area contributed by atoms with Crippen LogP contribution in [-0.2, 0) is 11.3 Å². The van der Waals surface area contributed by atoms with E-state index in [0.717, 1.165) is 25.8 Å². The first-order valence-electron chi connectivity index (χ1n) is 7.61. The standard InChI is InChI=1S/C16H25N3O2/c1-16(2)7-6-15(21)18(11-8-16)9-3-10-19-12-13(17)4-5-14(19)20/h4-5,12H,3,6-11,17H2,1-2H3. The number of hydrogen-bond acceptors (Lipinski definition) is 3. The Hall–Kier alpha value is -1.78. The Morgan fingerprint density at radius 2 is 1.95 bits per heavy atom. The van der Waals surface area contributed by atoms with Crippen molar-refractivity contribution in [3.05, 3.63) is 28.7 Å². The van der Waals surface area contributed by atoms with E-state index in [-0.39, 0.29) is 16.9 Å². The Bertz CT molecular complexity index is 563. The maximum absolute atomic E-state index is 12.1. The number of nitrogens with zero attached hydrogens (tertiary/aromatic N) is 2. The third-order valence-corrected chi connectivity index (χ3v) is 4.26. The zero-order chi connectivity index (χ0) is 15.5. The molecule has 1 aromatic rings. The molecule has 0 unspecified atom stereocenters. The predicted molar refractivity (Wildman–Crippen MR) is 83.9 cm³/mol. The molecule has 2 rings (SSSR count). The Kier molecular flexibility index (Phi) is 4.70. The molecule has 1 saturated heterocycles. The highest BCUT2D eigenvalue weighted by atomic mass is 16.2. The van der Waals surface area contributed by atoms with Gasteiger partial charge in [-0.2, -0.15) is 0 Å². The van der Waals surface area contributed by atoms with Gasteiger partial charge in [0.05, 0.1) is 0 Å². The molecular formula is C16H25N3O2. The van der Waals surface area contributed by atoms with E-state index in [1.165, 1.54) is 6.07 Å². The zero-order valence-corrected chi connectivity index (χ0v) is 13.0. The number of likely N-dealkylation sites (tertiary alicyclic amines) is 1. The Morgan fingerprint density at radius 1 is 1.19 bits per heavy atom. The minimum Gasteiger partial charge on any atom is -0.398 e. The summed E-state index contributed by atoms with van der Waals surface area (Å²) in [5, 5.41) is 0. The third-order valence-electron chi connectivity index (χ3n) is 4.26. The maximum atomic E-state index is 12.1. The normalized spacial score (nSPS) is 18.6. The van der Waals surface area contributed by atoms with Gasteiger partial charge in [-0.15, -0.1) is 0 Å². The van der Waals surface area contributed by atoms with E-state index in [9.17, 15) is 9.59 Å². The molecule has 0 aliphatic carbocycles. The van der Waals surface area contributed by atoms with E-state index >= 15 is 0 Å². The van der Waals surface area contributed by atoms with E-state index < -0.39 is 0 Å². The number of aromatic nitrogens is 1. The Labute approximate surface area is 125 Å². The first-order valence-corrected chi connectivity index (χ1v) is 7.61. The van der Waals surface area contributed by atoms with Crippen molar-refractivity contribution in [2.75, 3.05) is 18.8 Å². The van der Waals surface area contributed by atoms with Crippen molar-refractivity contribution in [1.82, 2.24) is 9.47 Å². The second-order valence-electron chi connectivity index (χ2n) is 6.64. The number of carbonyl (C=O) groups is 1. The van der Waals surface area contributed by atoms with Crippen LogP contribution >= 0.6 is 0 Å². The Balaban J connectivity index is 1.89. The van der Waals surface area contributed by atoms with Crippen LogP contribution in [0.4, 0.5) is 5.69 Å². The van der Waals surface area contributed by atoms with Crippen LogP contribution in [0.1, 0.15) is 39.5 Å². The molecule has 0 saturated carbocycles. The summed E-state index contributed by atoms with van der Waals surface area (Å²) >= 11 is 0. The average molecular weight is 291 g/mol. The molecule has 0 atom stereocenters. The molecule has 2 heterocycles. The van der Waals surface area contributed by atoms with Gasteiger partial charge in [0.15, 0.2) is 0 Å². The van der Waals surface area contributed by atoms with Crippen LogP contribution in [0.25, 0.3) is 0 Å². The molecule has 0 spiro atoms. The number of carbonyl (C=O) groups excluding carboxylic acids is 1. The summed E-state index contributed by atoms with van der Waals surface area (Å²) in [5.41, 5.74) is 6.47. The highest BCUT2D eigenvalue weighted by Gasteiger charge is 2.26. The van der Waals surface area contributed by atoms with Gasteiger partial charge in [0.1, 0.15) is 0 Å². The van der Waals surface area contributed by atoms with E-state index in [0.29, 0.717) is 25.2 Å². The molecule has 0 radical (unpaired) electrons. The molecule has 5 nitrogen and oxygen atoms in total. The van der Waals surface area contributed by atoms with Crippen molar-refractivity contribution in [2.45, 2.75) is 46.1 Å². The first-order chi connectivity index (χ1) is 9.87. The molecule has 1 fully saturated rings. The van der Waals surface area contributed by atoms with Crippen LogP contribution in [0.15, 0.2) is 23.1 Å². The smallest absolute Gasteiger partial charge is 0.250 e. The quantitative estimate of drug-likeness (QED) is 0.920. The summed E-state index contributed by atoms with van der Waals surface area (Å²) in [7, 11) is 0. The van der Waals surface area contributed by atoms with Crippen molar-refractivity contribution in [3.8, 4) is 0 Å². The minimum absolute atomic E-state index is 0.0486. The number of rotatable bonds is 4. The average Bonchev–Trinajstić information content (AvgIpc) is 2.55. The first kappa shape index (κ1) is 15.6. The lowest BCUT2D eigenvalue weighted by molar-refractivity contribution is -0.130. The van der Waals surface area contributed by atoms with E-state index in [1.807, 2.05) is 4.90 Å². The van der Waals surface area contributed by atoms with Gasteiger partial charge >= 0.3 is 0 Å². The van der Waals surface area contributed by atoms with Gasteiger partial charge in [-0.3, -0.25) is 9.59 Å². The molecule has 0 bridgehead atoms. The van der Waals surface area contributed by atoms with Crippen LogP contribution in [0.3, 0.4) is 0 Å². The van der Waals surface area contributed by atoms with Gasteiger partial charge in [-0.1, -0.05) is 13.8 Å². The summed E-state index contributed by atoms with van der Waals surface area (Å²) in [6, 6.07) is 3.09. The summed E-state index contributed by atoms with van der Waals surface area (Å²) < 4.78 is 1.61. The number of hydrogen-bond donors (Lipinski definition) is 1. The Morgan fingerprint density at radius 3 is 2.71 bits per heavy atom. The maximum Gasteiger partial charge on any atom is 0.250 e. The van der Waals surface area contributed by atoms with Crippen LogP contribution in [-0.4, -0.2) is 28.5 Å². The van der Waals surface area contributed by atoms with Gasteiger partial charge in [0.25, 0.3) is 5.56 Å². The van der Waals surface area contributed by atoms with Crippen LogP contribution < -0.4 is 11.3 Å². The number of nitrogen functional groups attached to an aromatic ring is 1. The van der Waals surface area contributed by atoms with E-state index in [4.69, 9.17) is 5.73 Å². The second-order valence-corrected chi connectivity index (χ2v) is 6.64. The van der Waals surface area contributed by atoms with Crippen LogP contribution in [0, 0.1) is 5.41 Å². The molecule has 2 N–H and O–H groups in total. The van der Waals surface area contributed by atoms with Crippen LogP contribution in [0.2, 0.25) is 0 Å². The number of anilines is 1. The fourth-order valence-corrected chi connectivity index (χ4v) is 2.68. The SMILES string of the molecule is CC1(C)CCC(=O)N(CCCn2cc(N)ccc2=O)CC1. The van der Waals surface area contributed by atoms with Gasteiger partial charge in [0.2, 0.25) is 5.91 Å². The number of nitrogens with two attached hydrogens (primary N) is 1. The van der Waals surface area contributed by atoms with Gasteiger partial charge < -0.3 is 15.2 Å². The molecule has 1 aromatic heterocycles. The number of aryl methyl sites for hydroxylation is 1. The van der Waals surface area contributed by atoms with Crippen molar-refractivity contribution in [3.63, 3.8) is 0 Å². The lowest BCUT2D eigenvalue weighted by Gasteiger charge is -2.23. The number of amides is 1. The molecule has 1 amide bonds. The van der Waals surface area contributed by atoms with Crippen LogP contribution in [0.5, 0.6) is 0 Å². The fraction of sp³-hybridized carbons (Fsp3) is 0.625. The van der Waals surface area contributed by atoms with Gasteiger partial charge in [-0.25, -0.2) is 0 Å². The van der Waals surface area contributed by atoms with E-state index in [2.05, 4.69) is 13.8 Å². The molecule has 1 aliphatic heterocycles. The lowest BCUT2D eigenvalue weighted by Crippen LogP contribution is -2.32. The number of pyridine rings is 1. The monoisotopic (exact) mass is 291 g/mol. The molecular weight excluding hydrogens is 266 g/mol. The zero-order valence-electron chi connectivity index (χ0n) is 13.0. The van der Waals surface area contributed by atoms with Crippen molar-refractivity contribution >= 4 is 11.6 Å². The second kappa shape index (κ2) is 6.33. The molecule has 21 heavy (non-hydrogen) atoms. The molecule has 0 aromatic carbocycles. The predicted octanol–water partition coefficient (Wildman–Crippen LogP) is 1.86. The van der Waals surface area contributed by atoms with Crippen molar-refractivity contribution in [2.24, 2.45) is 5.41 Å². The molecule has 5 heteroatoms. The van der Waals surface area contributed by atoms with E-state index in [1.54, 1.807) is 16.8 Å².